The van der Waals surface area contributed by atoms with Crippen LogP contribution in [0.15, 0.2) is 59.6 Å². The van der Waals surface area contributed by atoms with Crippen molar-refractivity contribution in [2.45, 2.75) is 6.92 Å². The Morgan fingerprint density at radius 2 is 2.00 bits per heavy atom. The first-order valence-corrected chi connectivity index (χ1v) is 6.95. The zero-order valence-corrected chi connectivity index (χ0v) is 12.3. The summed E-state index contributed by atoms with van der Waals surface area (Å²) in [5.41, 5.74) is 6.71. The first kappa shape index (κ1) is 14.9. The molecule has 0 radical (unpaired) electrons. The van der Waals surface area contributed by atoms with Gasteiger partial charge in [-0.2, -0.15) is 0 Å². The summed E-state index contributed by atoms with van der Waals surface area (Å²) in [6, 6.07) is 14.2. The lowest BCUT2D eigenvalue weighted by molar-refractivity contribution is 0.326. The number of rotatable bonds is 6. The van der Waals surface area contributed by atoms with Gasteiger partial charge in [-0.15, -0.1) is 0 Å². The van der Waals surface area contributed by atoms with Crippen LogP contribution in [0.5, 0.6) is 5.75 Å². The summed E-state index contributed by atoms with van der Waals surface area (Å²) >= 11 is 0. The molecule has 2 rings (SSSR count). The maximum Gasteiger partial charge on any atom is 0.189 e. The van der Waals surface area contributed by atoms with E-state index in [-0.39, 0.29) is 0 Å². The van der Waals surface area contributed by atoms with Gasteiger partial charge in [-0.05, 0) is 18.4 Å². The number of hydrogen-bond donors (Lipinski definition) is 2. The summed E-state index contributed by atoms with van der Waals surface area (Å²) in [5.74, 6) is 1.30. The lowest BCUT2D eigenvalue weighted by atomic mass is 10.1. The fraction of sp³-hybridized carbons (Fsp3) is 0.235. The summed E-state index contributed by atoms with van der Waals surface area (Å²) in [6.07, 6.45) is 0. The van der Waals surface area contributed by atoms with E-state index in [1.807, 2.05) is 31.2 Å². The Morgan fingerprint density at radius 1 is 1.24 bits per heavy atom. The van der Waals surface area contributed by atoms with Gasteiger partial charge in [0.05, 0.1) is 13.1 Å². The minimum absolute atomic E-state index is 0.416. The fourth-order valence-electron chi connectivity index (χ4n) is 1.94. The van der Waals surface area contributed by atoms with Gasteiger partial charge in [0.1, 0.15) is 12.4 Å². The van der Waals surface area contributed by atoms with Crippen molar-refractivity contribution >= 4 is 16.7 Å². The standard InChI is InChI=1S/C17H21N3O/c1-13(2)12-20-17(18)19-10-11-21-16-9-5-7-14-6-3-4-8-15(14)16/h3-9H,1,10-12H2,2H3,(H3,18,19,20). The van der Waals surface area contributed by atoms with Gasteiger partial charge in [0.15, 0.2) is 5.96 Å². The highest BCUT2D eigenvalue weighted by molar-refractivity contribution is 5.88. The first-order chi connectivity index (χ1) is 10.2. The number of guanidine groups is 1. The van der Waals surface area contributed by atoms with E-state index >= 15 is 0 Å². The van der Waals surface area contributed by atoms with E-state index in [4.69, 9.17) is 10.5 Å². The molecule has 0 spiro atoms. The summed E-state index contributed by atoms with van der Waals surface area (Å²) in [6.45, 7) is 7.37. The molecule has 2 aromatic carbocycles. The van der Waals surface area contributed by atoms with Gasteiger partial charge in [0.25, 0.3) is 0 Å². The molecule has 0 heterocycles. The number of benzene rings is 2. The Morgan fingerprint density at radius 3 is 2.81 bits per heavy atom. The summed E-state index contributed by atoms with van der Waals surface area (Å²) in [4.78, 5) is 4.15. The minimum Gasteiger partial charge on any atom is -0.491 e. The van der Waals surface area contributed by atoms with Crippen molar-refractivity contribution in [1.29, 1.82) is 0 Å². The van der Waals surface area contributed by atoms with Crippen LogP contribution in [0.4, 0.5) is 0 Å². The molecule has 0 amide bonds. The Hall–Kier alpha value is -2.49. The highest BCUT2D eigenvalue weighted by Gasteiger charge is 2.00. The van der Waals surface area contributed by atoms with Gasteiger partial charge in [0, 0.05) is 5.39 Å². The third-order valence-electron chi connectivity index (χ3n) is 2.93. The quantitative estimate of drug-likeness (QED) is 0.371. The van der Waals surface area contributed by atoms with E-state index in [0.29, 0.717) is 25.7 Å². The first-order valence-electron chi connectivity index (χ1n) is 6.95. The van der Waals surface area contributed by atoms with Crippen molar-refractivity contribution in [3.8, 4) is 5.75 Å². The molecule has 0 saturated heterocycles. The van der Waals surface area contributed by atoms with Crippen LogP contribution in [0.25, 0.3) is 10.8 Å². The van der Waals surface area contributed by atoms with Crippen molar-refractivity contribution in [3.63, 3.8) is 0 Å². The fourth-order valence-corrected chi connectivity index (χ4v) is 1.94. The zero-order chi connectivity index (χ0) is 15.1. The number of ether oxygens (including phenoxy) is 1. The van der Waals surface area contributed by atoms with Crippen molar-refractivity contribution < 1.29 is 4.74 Å². The highest BCUT2D eigenvalue weighted by atomic mass is 16.5. The van der Waals surface area contributed by atoms with Crippen LogP contribution in [-0.2, 0) is 0 Å². The van der Waals surface area contributed by atoms with E-state index in [1.165, 1.54) is 5.39 Å². The number of fused-ring (bicyclic) bond motifs is 1. The SMILES string of the molecule is C=C(C)CN=C(N)NCCOc1cccc2ccccc12. The molecule has 0 aliphatic rings. The molecule has 4 nitrogen and oxygen atoms in total. The predicted molar refractivity (Wildman–Crippen MR) is 88.7 cm³/mol. The molecule has 0 fully saturated rings. The Labute approximate surface area is 125 Å². The van der Waals surface area contributed by atoms with Crippen LogP contribution in [0.3, 0.4) is 0 Å². The van der Waals surface area contributed by atoms with Crippen LogP contribution in [-0.4, -0.2) is 25.7 Å². The number of hydrogen-bond acceptors (Lipinski definition) is 2. The molecule has 0 unspecified atom stereocenters. The van der Waals surface area contributed by atoms with E-state index in [0.717, 1.165) is 16.7 Å². The Balaban J connectivity index is 1.86. The maximum atomic E-state index is 5.80. The van der Waals surface area contributed by atoms with Crippen molar-refractivity contribution in [1.82, 2.24) is 5.32 Å². The average molecular weight is 283 g/mol. The average Bonchev–Trinajstić information content (AvgIpc) is 2.49. The second kappa shape index (κ2) is 7.33. The molecule has 21 heavy (non-hydrogen) atoms. The van der Waals surface area contributed by atoms with E-state index in [1.54, 1.807) is 0 Å². The minimum atomic E-state index is 0.416. The molecule has 110 valence electrons. The molecule has 0 saturated carbocycles. The highest BCUT2D eigenvalue weighted by Crippen LogP contribution is 2.24. The zero-order valence-electron chi connectivity index (χ0n) is 12.3. The summed E-state index contributed by atoms with van der Waals surface area (Å²) < 4.78 is 5.80. The number of nitrogens with two attached hydrogens (primary N) is 1. The summed E-state index contributed by atoms with van der Waals surface area (Å²) in [7, 11) is 0. The third-order valence-corrected chi connectivity index (χ3v) is 2.93. The molecule has 0 atom stereocenters. The lowest BCUT2D eigenvalue weighted by Gasteiger charge is -2.10. The van der Waals surface area contributed by atoms with Crippen molar-refractivity contribution in [2.75, 3.05) is 19.7 Å². The molecule has 0 aliphatic carbocycles. The van der Waals surface area contributed by atoms with Gasteiger partial charge >= 0.3 is 0 Å². The number of aliphatic imine (C=N–C) groups is 1. The normalized spacial score (nSPS) is 11.4. The van der Waals surface area contributed by atoms with Crippen LogP contribution < -0.4 is 15.8 Å². The van der Waals surface area contributed by atoms with E-state index in [2.05, 4.69) is 35.1 Å². The second-order valence-electron chi connectivity index (χ2n) is 4.91. The molecular weight excluding hydrogens is 262 g/mol. The van der Waals surface area contributed by atoms with Gasteiger partial charge < -0.3 is 15.8 Å². The Bertz CT molecular complexity index is 644. The molecule has 0 bridgehead atoms. The van der Waals surface area contributed by atoms with Gasteiger partial charge in [-0.3, -0.25) is 0 Å². The Kier molecular flexibility index (Phi) is 5.21. The topological polar surface area (TPSA) is 59.6 Å². The lowest BCUT2D eigenvalue weighted by Crippen LogP contribution is -2.34. The maximum absolute atomic E-state index is 5.80. The van der Waals surface area contributed by atoms with Crippen LogP contribution in [0, 0.1) is 0 Å². The molecule has 2 aromatic rings. The largest absolute Gasteiger partial charge is 0.491 e. The van der Waals surface area contributed by atoms with Gasteiger partial charge in [-0.1, -0.05) is 48.6 Å². The third kappa shape index (κ3) is 4.53. The van der Waals surface area contributed by atoms with Gasteiger partial charge in [0.2, 0.25) is 0 Å². The van der Waals surface area contributed by atoms with Crippen LogP contribution in [0.1, 0.15) is 6.92 Å². The van der Waals surface area contributed by atoms with Crippen molar-refractivity contribution in [2.24, 2.45) is 10.7 Å². The molecular formula is C17H21N3O. The van der Waals surface area contributed by atoms with Crippen LogP contribution >= 0.6 is 0 Å². The molecule has 0 aromatic heterocycles. The van der Waals surface area contributed by atoms with Gasteiger partial charge in [-0.25, -0.2) is 4.99 Å². The van der Waals surface area contributed by atoms with E-state index in [9.17, 15) is 0 Å². The molecule has 3 N–H and O–H groups in total. The summed E-state index contributed by atoms with van der Waals surface area (Å²) in [5, 5.41) is 5.30. The predicted octanol–water partition coefficient (Wildman–Crippen LogP) is 2.70. The number of nitrogens with one attached hydrogen (secondary N) is 1. The van der Waals surface area contributed by atoms with Crippen LogP contribution in [0.2, 0.25) is 0 Å². The molecule has 0 aliphatic heterocycles. The van der Waals surface area contributed by atoms with Crippen molar-refractivity contribution in [3.05, 3.63) is 54.6 Å². The van der Waals surface area contributed by atoms with E-state index < -0.39 is 0 Å². The molecule has 4 heteroatoms. The number of nitrogens with zero attached hydrogens (tertiary/aromatic N) is 1. The smallest absolute Gasteiger partial charge is 0.189 e. The second-order valence-corrected chi connectivity index (χ2v) is 4.91. The monoisotopic (exact) mass is 283 g/mol.